The monoisotopic (exact) mass is 293 g/mol. The summed E-state index contributed by atoms with van der Waals surface area (Å²) in [6.07, 6.45) is 4.89. The van der Waals surface area contributed by atoms with Crippen LogP contribution in [0, 0.1) is 0 Å². The molecule has 0 aliphatic carbocycles. The van der Waals surface area contributed by atoms with E-state index in [1.165, 1.54) is 11.1 Å². The van der Waals surface area contributed by atoms with Crippen LogP contribution in [0.1, 0.15) is 11.1 Å². The zero-order chi connectivity index (χ0) is 12.5. The molecule has 0 spiro atoms. The molecular weight excluding hydrogens is 278 g/mol. The van der Waals surface area contributed by atoms with E-state index in [9.17, 15) is 0 Å². The average molecular weight is 293 g/mol. The van der Waals surface area contributed by atoms with Gasteiger partial charge in [-0.1, -0.05) is 58.0 Å². The summed E-state index contributed by atoms with van der Waals surface area (Å²) in [6.45, 7) is 0. The standard InChI is InChI=1S/C14H15NS3/c1-2-5-13(6-3-1)8-10-16-18-17-12-14-7-4-9-15-11-14/h1-7,9,11H,8,10,12H2. The quantitative estimate of drug-likeness (QED) is 0.534. The number of hydrogen-bond acceptors (Lipinski definition) is 4. The molecule has 0 radical (unpaired) electrons. The van der Waals surface area contributed by atoms with Crippen molar-refractivity contribution >= 4 is 31.4 Å². The van der Waals surface area contributed by atoms with Crippen LogP contribution in [0.15, 0.2) is 54.9 Å². The number of rotatable bonds is 7. The van der Waals surface area contributed by atoms with Crippen molar-refractivity contribution in [1.29, 1.82) is 0 Å². The highest BCUT2D eigenvalue weighted by Gasteiger charge is 1.96. The van der Waals surface area contributed by atoms with Crippen LogP contribution in [0.4, 0.5) is 0 Å². The molecule has 4 heteroatoms. The Balaban J connectivity index is 1.54. The van der Waals surface area contributed by atoms with Crippen LogP contribution < -0.4 is 0 Å². The van der Waals surface area contributed by atoms with Crippen LogP contribution in [0.2, 0.25) is 0 Å². The minimum Gasteiger partial charge on any atom is -0.264 e. The van der Waals surface area contributed by atoms with E-state index in [1.807, 2.05) is 49.9 Å². The molecule has 0 unspecified atom stereocenters. The topological polar surface area (TPSA) is 12.9 Å². The third kappa shape index (κ3) is 5.38. The van der Waals surface area contributed by atoms with Gasteiger partial charge in [-0.15, -0.1) is 0 Å². The lowest BCUT2D eigenvalue weighted by Gasteiger charge is -2.01. The number of nitrogens with zero attached hydrogens (tertiary/aromatic N) is 1. The van der Waals surface area contributed by atoms with Crippen molar-refractivity contribution in [2.24, 2.45) is 0 Å². The summed E-state index contributed by atoms with van der Waals surface area (Å²) in [6, 6.07) is 14.8. The predicted octanol–water partition coefficient (Wildman–Crippen LogP) is 4.85. The van der Waals surface area contributed by atoms with E-state index in [-0.39, 0.29) is 0 Å². The minimum absolute atomic E-state index is 1.02. The van der Waals surface area contributed by atoms with Gasteiger partial charge in [-0.2, -0.15) is 0 Å². The maximum absolute atomic E-state index is 4.11. The highest BCUT2D eigenvalue weighted by atomic mass is 33.5. The minimum atomic E-state index is 1.02. The van der Waals surface area contributed by atoms with Crippen LogP contribution in [-0.4, -0.2) is 10.7 Å². The van der Waals surface area contributed by atoms with Crippen molar-refractivity contribution < 1.29 is 0 Å². The van der Waals surface area contributed by atoms with Gasteiger partial charge >= 0.3 is 0 Å². The largest absolute Gasteiger partial charge is 0.264 e. The van der Waals surface area contributed by atoms with Crippen molar-refractivity contribution in [2.45, 2.75) is 12.2 Å². The summed E-state index contributed by atoms with van der Waals surface area (Å²) >= 11 is 0. The summed E-state index contributed by atoms with van der Waals surface area (Å²) in [5, 5.41) is 0. The second-order valence-corrected chi connectivity index (χ2v) is 8.10. The molecule has 1 nitrogen and oxygen atoms in total. The number of hydrogen-bond donors (Lipinski definition) is 0. The second-order valence-electron chi connectivity index (χ2n) is 3.75. The molecular formula is C14H15NS3. The molecule has 0 aliphatic heterocycles. The van der Waals surface area contributed by atoms with Crippen LogP contribution in [0.3, 0.4) is 0 Å². The summed E-state index contributed by atoms with van der Waals surface area (Å²) in [4.78, 5) is 4.11. The van der Waals surface area contributed by atoms with Gasteiger partial charge in [0.25, 0.3) is 0 Å². The first kappa shape index (κ1) is 13.8. The van der Waals surface area contributed by atoms with Crippen molar-refractivity contribution in [3.8, 4) is 0 Å². The van der Waals surface area contributed by atoms with Crippen molar-refractivity contribution in [3.05, 3.63) is 66.0 Å². The smallest absolute Gasteiger partial charge is 0.0312 e. The molecule has 2 rings (SSSR count). The second kappa shape index (κ2) is 8.51. The zero-order valence-corrected chi connectivity index (χ0v) is 12.4. The highest BCUT2D eigenvalue weighted by molar-refractivity contribution is 9.09. The Bertz CT molecular complexity index is 390. The predicted molar refractivity (Wildman–Crippen MR) is 85.7 cm³/mol. The Hall–Kier alpha value is -0.580. The van der Waals surface area contributed by atoms with Gasteiger partial charge in [-0.05, 0) is 33.4 Å². The summed E-state index contributed by atoms with van der Waals surface area (Å²) in [7, 11) is 5.68. The molecule has 1 aromatic heterocycles. The molecule has 1 aromatic carbocycles. The fourth-order valence-electron chi connectivity index (χ4n) is 1.45. The molecule has 0 saturated carbocycles. The maximum atomic E-state index is 4.11. The molecule has 0 fully saturated rings. The van der Waals surface area contributed by atoms with E-state index in [4.69, 9.17) is 0 Å². The first-order chi connectivity index (χ1) is 8.95. The average Bonchev–Trinajstić information content (AvgIpc) is 2.45. The SMILES string of the molecule is c1ccc(CCSSSCc2cccnc2)cc1. The summed E-state index contributed by atoms with van der Waals surface area (Å²) in [5.41, 5.74) is 2.71. The Morgan fingerprint density at radius 2 is 1.72 bits per heavy atom. The molecule has 18 heavy (non-hydrogen) atoms. The number of benzene rings is 1. The van der Waals surface area contributed by atoms with Gasteiger partial charge in [0.2, 0.25) is 0 Å². The van der Waals surface area contributed by atoms with Crippen molar-refractivity contribution in [1.82, 2.24) is 4.98 Å². The fraction of sp³-hybridized carbons (Fsp3) is 0.214. The molecule has 94 valence electrons. The van der Waals surface area contributed by atoms with E-state index in [2.05, 4.69) is 41.4 Å². The normalized spacial score (nSPS) is 10.4. The van der Waals surface area contributed by atoms with E-state index in [1.54, 1.807) is 0 Å². The van der Waals surface area contributed by atoms with E-state index >= 15 is 0 Å². The Morgan fingerprint density at radius 1 is 0.889 bits per heavy atom. The van der Waals surface area contributed by atoms with Gasteiger partial charge in [0.15, 0.2) is 0 Å². The van der Waals surface area contributed by atoms with Gasteiger partial charge in [-0.25, -0.2) is 0 Å². The lowest BCUT2D eigenvalue weighted by atomic mass is 10.2. The zero-order valence-electron chi connectivity index (χ0n) is 9.99. The van der Waals surface area contributed by atoms with Crippen molar-refractivity contribution in [3.63, 3.8) is 0 Å². The maximum Gasteiger partial charge on any atom is 0.0312 e. The molecule has 0 bridgehead atoms. The first-order valence-corrected chi connectivity index (χ1v) is 9.61. The van der Waals surface area contributed by atoms with Crippen molar-refractivity contribution in [2.75, 3.05) is 5.75 Å². The fourth-order valence-corrected chi connectivity index (χ4v) is 5.13. The molecule has 0 aliphatic rings. The lowest BCUT2D eigenvalue weighted by molar-refractivity contribution is 1.16. The highest BCUT2D eigenvalue weighted by Crippen LogP contribution is 2.36. The van der Waals surface area contributed by atoms with Crippen LogP contribution in [0.5, 0.6) is 0 Å². The summed E-state index contributed by atoms with van der Waals surface area (Å²) < 4.78 is 0. The van der Waals surface area contributed by atoms with Crippen LogP contribution in [-0.2, 0) is 12.2 Å². The molecule has 0 atom stereocenters. The Morgan fingerprint density at radius 3 is 2.50 bits per heavy atom. The first-order valence-electron chi connectivity index (χ1n) is 5.79. The van der Waals surface area contributed by atoms with Gasteiger partial charge in [0, 0.05) is 23.9 Å². The number of pyridine rings is 1. The number of aryl methyl sites for hydroxylation is 1. The van der Waals surface area contributed by atoms with Gasteiger partial charge < -0.3 is 0 Å². The Labute approximate surface area is 120 Å². The third-order valence-electron chi connectivity index (χ3n) is 2.36. The number of aromatic nitrogens is 1. The van der Waals surface area contributed by atoms with E-state index in [0.29, 0.717) is 0 Å². The molecule has 1 heterocycles. The van der Waals surface area contributed by atoms with Gasteiger partial charge in [0.1, 0.15) is 0 Å². The van der Waals surface area contributed by atoms with E-state index in [0.717, 1.165) is 17.9 Å². The lowest BCUT2D eigenvalue weighted by Crippen LogP contribution is -1.85. The van der Waals surface area contributed by atoms with Gasteiger partial charge in [-0.3, -0.25) is 4.98 Å². The summed E-state index contributed by atoms with van der Waals surface area (Å²) in [5.74, 6) is 2.19. The van der Waals surface area contributed by atoms with Crippen LogP contribution in [0.25, 0.3) is 0 Å². The molecule has 0 N–H and O–H groups in total. The molecule has 0 amide bonds. The molecule has 0 saturated heterocycles. The van der Waals surface area contributed by atoms with Gasteiger partial charge in [0.05, 0.1) is 0 Å². The molecule has 2 aromatic rings. The third-order valence-corrected chi connectivity index (χ3v) is 6.54. The Kier molecular flexibility index (Phi) is 6.54. The van der Waals surface area contributed by atoms with Crippen LogP contribution >= 0.6 is 31.4 Å². The van der Waals surface area contributed by atoms with E-state index < -0.39 is 0 Å².